The molecule has 1 aromatic carbocycles. The van der Waals surface area contributed by atoms with Crippen LogP contribution in [0.5, 0.6) is 0 Å². The van der Waals surface area contributed by atoms with Crippen LogP contribution in [-0.2, 0) is 15.3 Å². The van der Waals surface area contributed by atoms with Crippen molar-refractivity contribution < 1.29 is 8.42 Å². The highest BCUT2D eigenvalue weighted by molar-refractivity contribution is 7.92. The van der Waals surface area contributed by atoms with Crippen LogP contribution in [-0.4, -0.2) is 19.4 Å². The highest BCUT2D eigenvalue weighted by Crippen LogP contribution is 2.36. The zero-order valence-corrected chi connectivity index (χ0v) is 14.0. The van der Waals surface area contributed by atoms with Crippen molar-refractivity contribution in [3.05, 3.63) is 35.4 Å². The zero-order chi connectivity index (χ0) is 15.0. The standard InChI is InChI=1S/C16H23ClO2S/c1-16(2,3)13-9-7-12(8-10-13)15(17)14-6-4-5-11-20(14,18)19/h7-10,14-15H,4-6,11H2,1-3H3. The molecule has 1 saturated heterocycles. The van der Waals surface area contributed by atoms with E-state index >= 15 is 0 Å². The lowest BCUT2D eigenvalue weighted by Crippen LogP contribution is -2.31. The molecule has 2 atom stereocenters. The van der Waals surface area contributed by atoms with Crippen molar-refractivity contribution in [2.45, 2.75) is 56.1 Å². The first-order valence-corrected chi connectivity index (χ1v) is 9.33. The van der Waals surface area contributed by atoms with E-state index in [0.29, 0.717) is 6.42 Å². The predicted octanol–water partition coefficient (Wildman–Crippen LogP) is 4.23. The van der Waals surface area contributed by atoms with E-state index in [1.807, 2.05) is 12.1 Å². The van der Waals surface area contributed by atoms with Crippen LogP contribution in [0.1, 0.15) is 56.5 Å². The summed E-state index contributed by atoms with van der Waals surface area (Å²) in [5.41, 5.74) is 2.24. The third-order valence-electron chi connectivity index (χ3n) is 4.05. The van der Waals surface area contributed by atoms with Crippen molar-refractivity contribution in [3.63, 3.8) is 0 Å². The van der Waals surface area contributed by atoms with Crippen LogP contribution >= 0.6 is 11.6 Å². The molecule has 1 heterocycles. The monoisotopic (exact) mass is 314 g/mol. The first-order valence-electron chi connectivity index (χ1n) is 7.18. The molecule has 0 N–H and O–H groups in total. The summed E-state index contributed by atoms with van der Waals surface area (Å²) in [6, 6.07) is 8.06. The molecule has 112 valence electrons. The fourth-order valence-corrected chi connectivity index (χ4v) is 5.39. The van der Waals surface area contributed by atoms with Crippen LogP contribution in [0.2, 0.25) is 0 Å². The normalized spacial score (nSPS) is 24.3. The van der Waals surface area contributed by atoms with E-state index in [9.17, 15) is 8.42 Å². The Morgan fingerprint density at radius 2 is 1.75 bits per heavy atom. The molecule has 0 saturated carbocycles. The third kappa shape index (κ3) is 3.37. The lowest BCUT2D eigenvalue weighted by Gasteiger charge is -2.27. The van der Waals surface area contributed by atoms with Crippen LogP contribution in [0.25, 0.3) is 0 Å². The first kappa shape index (κ1) is 15.8. The van der Waals surface area contributed by atoms with E-state index in [1.54, 1.807) is 0 Å². The molecule has 0 radical (unpaired) electrons. The summed E-state index contributed by atoms with van der Waals surface area (Å²) in [4.78, 5) is 0. The molecule has 1 aromatic rings. The Bertz CT molecular complexity index is 555. The second kappa shape index (κ2) is 5.69. The van der Waals surface area contributed by atoms with Crippen molar-refractivity contribution in [1.29, 1.82) is 0 Å². The average molecular weight is 315 g/mol. The number of alkyl halides is 1. The topological polar surface area (TPSA) is 34.1 Å². The number of hydrogen-bond acceptors (Lipinski definition) is 2. The Morgan fingerprint density at radius 1 is 1.15 bits per heavy atom. The van der Waals surface area contributed by atoms with Crippen LogP contribution in [0.4, 0.5) is 0 Å². The van der Waals surface area contributed by atoms with Gasteiger partial charge in [0.05, 0.1) is 16.4 Å². The van der Waals surface area contributed by atoms with Crippen LogP contribution < -0.4 is 0 Å². The first-order chi connectivity index (χ1) is 9.22. The van der Waals surface area contributed by atoms with E-state index in [0.717, 1.165) is 18.4 Å². The minimum Gasteiger partial charge on any atom is -0.228 e. The summed E-state index contributed by atoms with van der Waals surface area (Å²) >= 11 is 6.46. The number of benzene rings is 1. The quantitative estimate of drug-likeness (QED) is 0.765. The molecule has 4 heteroatoms. The number of sulfone groups is 1. The van der Waals surface area contributed by atoms with Gasteiger partial charge < -0.3 is 0 Å². The van der Waals surface area contributed by atoms with Crippen molar-refractivity contribution in [3.8, 4) is 0 Å². The summed E-state index contributed by atoms with van der Waals surface area (Å²) in [7, 11) is -3.04. The van der Waals surface area contributed by atoms with E-state index in [2.05, 4.69) is 32.9 Å². The molecule has 0 bridgehead atoms. The smallest absolute Gasteiger partial charge is 0.154 e. The maximum absolute atomic E-state index is 12.1. The van der Waals surface area contributed by atoms with Gasteiger partial charge in [0.15, 0.2) is 9.84 Å². The molecule has 0 aromatic heterocycles. The maximum atomic E-state index is 12.1. The van der Waals surface area contributed by atoms with Crippen molar-refractivity contribution in [2.24, 2.45) is 0 Å². The fraction of sp³-hybridized carbons (Fsp3) is 0.625. The molecule has 2 nitrogen and oxygen atoms in total. The van der Waals surface area contributed by atoms with Gasteiger partial charge in [0.25, 0.3) is 0 Å². The average Bonchev–Trinajstić information content (AvgIpc) is 2.36. The largest absolute Gasteiger partial charge is 0.228 e. The van der Waals surface area contributed by atoms with Crippen LogP contribution in [0.15, 0.2) is 24.3 Å². The molecule has 1 aliphatic rings. The molecule has 2 rings (SSSR count). The summed E-state index contributed by atoms with van der Waals surface area (Å²) < 4.78 is 24.3. The van der Waals surface area contributed by atoms with Gasteiger partial charge in [-0.05, 0) is 29.4 Å². The summed E-state index contributed by atoms with van der Waals surface area (Å²) in [6.45, 7) is 6.48. The molecular formula is C16H23ClO2S. The van der Waals surface area contributed by atoms with Gasteiger partial charge in [0.1, 0.15) is 0 Å². The van der Waals surface area contributed by atoms with Gasteiger partial charge in [-0.15, -0.1) is 11.6 Å². The van der Waals surface area contributed by atoms with Crippen molar-refractivity contribution >= 4 is 21.4 Å². The Morgan fingerprint density at radius 3 is 2.25 bits per heavy atom. The van der Waals surface area contributed by atoms with Gasteiger partial charge in [-0.2, -0.15) is 0 Å². The number of hydrogen-bond donors (Lipinski definition) is 0. The highest BCUT2D eigenvalue weighted by Gasteiger charge is 2.35. The lowest BCUT2D eigenvalue weighted by atomic mass is 9.86. The lowest BCUT2D eigenvalue weighted by molar-refractivity contribution is 0.533. The molecule has 2 unspecified atom stereocenters. The Hall–Kier alpha value is -0.540. The highest BCUT2D eigenvalue weighted by atomic mass is 35.5. The molecule has 0 aliphatic carbocycles. The summed E-state index contributed by atoms with van der Waals surface area (Å²) in [6.07, 6.45) is 2.40. The van der Waals surface area contributed by atoms with Crippen molar-refractivity contribution in [1.82, 2.24) is 0 Å². The maximum Gasteiger partial charge on any atom is 0.154 e. The number of halogens is 1. The predicted molar refractivity (Wildman–Crippen MR) is 85.2 cm³/mol. The van der Waals surface area contributed by atoms with Gasteiger partial charge in [-0.3, -0.25) is 0 Å². The molecular weight excluding hydrogens is 292 g/mol. The molecule has 0 spiro atoms. The van der Waals surface area contributed by atoms with Crippen LogP contribution in [0.3, 0.4) is 0 Å². The second-order valence-electron chi connectivity index (χ2n) is 6.67. The molecule has 1 aliphatic heterocycles. The van der Waals surface area contributed by atoms with Gasteiger partial charge in [-0.25, -0.2) is 8.42 Å². The molecule has 1 fully saturated rings. The summed E-state index contributed by atoms with van der Waals surface area (Å²) in [5, 5.41) is -0.868. The van der Waals surface area contributed by atoms with Gasteiger partial charge >= 0.3 is 0 Å². The van der Waals surface area contributed by atoms with Gasteiger partial charge in [0.2, 0.25) is 0 Å². The molecule has 0 amide bonds. The Kier molecular flexibility index (Phi) is 4.50. The van der Waals surface area contributed by atoms with E-state index in [4.69, 9.17) is 11.6 Å². The zero-order valence-electron chi connectivity index (χ0n) is 12.4. The molecule has 20 heavy (non-hydrogen) atoms. The minimum absolute atomic E-state index is 0.0945. The fourth-order valence-electron chi connectivity index (χ4n) is 2.69. The SMILES string of the molecule is CC(C)(C)c1ccc(C(Cl)C2CCCCS2(=O)=O)cc1. The van der Waals surface area contributed by atoms with E-state index < -0.39 is 20.5 Å². The summed E-state index contributed by atoms with van der Waals surface area (Å²) in [5.74, 6) is 0.279. The van der Waals surface area contributed by atoms with Crippen LogP contribution in [0, 0.1) is 0 Å². The minimum atomic E-state index is -3.04. The van der Waals surface area contributed by atoms with Gasteiger partial charge in [-0.1, -0.05) is 51.5 Å². The van der Waals surface area contributed by atoms with Gasteiger partial charge in [0, 0.05) is 0 Å². The Labute approximate surface area is 127 Å². The third-order valence-corrected chi connectivity index (χ3v) is 7.04. The number of rotatable bonds is 2. The van der Waals surface area contributed by atoms with E-state index in [-0.39, 0.29) is 11.2 Å². The van der Waals surface area contributed by atoms with E-state index in [1.165, 1.54) is 5.56 Å². The second-order valence-corrected chi connectivity index (χ2v) is 9.48. The Balaban J connectivity index is 2.23. The van der Waals surface area contributed by atoms with Crippen molar-refractivity contribution in [2.75, 3.05) is 5.75 Å².